The van der Waals surface area contributed by atoms with E-state index in [0.717, 1.165) is 98.2 Å². The first-order valence-corrected chi connectivity index (χ1v) is 52.3. The van der Waals surface area contributed by atoms with Crippen LogP contribution in [0.1, 0.15) is 102 Å². The zero-order valence-corrected chi connectivity index (χ0v) is 86.5. The molecule has 6 N–H and O–H groups in total. The Kier molecular flexibility index (Phi) is 39.2. The number of ether oxygens (including phenoxy) is 1. The Hall–Kier alpha value is -13.6. The quantitative estimate of drug-likeness (QED) is 0.0279. The number of hydrogen-bond donors (Lipinski definition) is 6. The summed E-state index contributed by atoms with van der Waals surface area (Å²) in [6, 6.07) is 89.6. The molecule has 10 aromatic carbocycles. The SMILES string of the molecule is CC(C)CNS(=O)(=O)c1cccc(C(=O)Nc2ccc(Cl)c(-c3ccccn3)c2)c1.CN(C)Cc1ccc(C(=O)Nc2ccc(Cl)c(-c3ccccn3)c2)cc1.CN1CCN(Cc2ccc(C(=O)Nc3ccc(Cl)c(-c4ccccn4)c3)cc2)CC1.O=C(Nc1ccc(Cl)c(-c2ccccn2)c1)c1ccc(CN2CCCCC2)cc1.O=C(Nc1ccc(Cl)c(-c2ccccn2)c1)c1ccc(S(=O)(=O)N2CCOCC2)cc1. The lowest BCUT2D eigenvalue weighted by molar-refractivity contribution is 0.0730. The number of halogens is 5. The molecule has 26 nitrogen and oxygen atoms in total. The van der Waals surface area contributed by atoms with Gasteiger partial charge in [0, 0.05) is 181 Å². The van der Waals surface area contributed by atoms with E-state index in [4.69, 9.17) is 62.7 Å². The molecule has 3 aliphatic rings. The fourth-order valence-electron chi connectivity index (χ4n) is 15.8. The molecule has 0 saturated carbocycles. The Labute approximate surface area is 877 Å². The van der Waals surface area contributed by atoms with Gasteiger partial charge in [-0.15, -0.1) is 0 Å². The number of piperidine rings is 1. The second-order valence-corrected chi connectivity index (χ2v) is 41.1. The monoisotopic (exact) mass is 2090 g/mol. The molecule has 0 spiro atoms. The largest absolute Gasteiger partial charge is 0.379 e. The molecule has 3 saturated heterocycles. The molecule has 15 aromatic rings. The Morgan fingerprint density at radius 1 is 0.342 bits per heavy atom. The van der Waals surface area contributed by atoms with Crippen LogP contribution in [-0.2, 0) is 44.4 Å². The summed E-state index contributed by atoms with van der Waals surface area (Å²) >= 11 is 31.5. The van der Waals surface area contributed by atoms with Gasteiger partial charge in [-0.1, -0.05) is 151 Å². The highest BCUT2D eigenvalue weighted by atomic mass is 35.5. The fourth-order valence-corrected chi connectivity index (χ4v) is 19.5. The number of hydrogen-bond acceptors (Lipinski definition) is 19. The maximum Gasteiger partial charge on any atom is 0.255 e. The van der Waals surface area contributed by atoms with Gasteiger partial charge in [-0.25, -0.2) is 21.6 Å². The highest BCUT2D eigenvalue weighted by molar-refractivity contribution is 7.89. The molecule has 18 rings (SSSR count). The first-order chi connectivity index (χ1) is 70.5. The lowest BCUT2D eigenvalue weighted by Crippen LogP contribution is -2.43. The van der Waals surface area contributed by atoms with Crippen LogP contribution >= 0.6 is 58.0 Å². The third kappa shape index (κ3) is 31.5. The lowest BCUT2D eigenvalue weighted by atomic mass is 10.1. The van der Waals surface area contributed by atoms with Gasteiger partial charge in [0.2, 0.25) is 20.0 Å². The first-order valence-electron chi connectivity index (χ1n) is 47.5. The molecule has 33 heteroatoms. The summed E-state index contributed by atoms with van der Waals surface area (Å²) in [6.45, 7) is 14.9. The summed E-state index contributed by atoms with van der Waals surface area (Å²) in [7, 11) is -1.11. The van der Waals surface area contributed by atoms with E-state index in [1.165, 1.54) is 71.1 Å². The van der Waals surface area contributed by atoms with Crippen LogP contribution in [0, 0.1) is 5.92 Å². The minimum absolute atomic E-state index is 0.0427. The molecule has 0 unspecified atom stereocenters. The molecule has 0 atom stereocenters. The topological polar surface area (TPSA) is 316 Å². The summed E-state index contributed by atoms with van der Waals surface area (Å²) < 4.78 is 59.5. The van der Waals surface area contributed by atoms with Gasteiger partial charge in [0.1, 0.15) is 0 Å². The number of benzene rings is 10. The maximum atomic E-state index is 12.7. The number of likely N-dealkylation sites (N-methyl/N-ethyl adjacent to an activating group) is 1. The van der Waals surface area contributed by atoms with Crippen molar-refractivity contribution in [3.05, 3.63) is 404 Å². The predicted octanol–water partition coefficient (Wildman–Crippen LogP) is 23.0. The van der Waals surface area contributed by atoms with Gasteiger partial charge in [0.25, 0.3) is 29.5 Å². The molecular weight excluding hydrogens is 1980 g/mol. The average molecular weight is 2090 g/mol. The average Bonchev–Trinajstić information content (AvgIpc) is 0.791. The summed E-state index contributed by atoms with van der Waals surface area (Å²) in [4.78, 5) is 94.4. The van der Waals surface area contributed by atoms with Crippen LogP contribution in [0.25, 0.3) is 56.3 Å². The highest BCUT2D eigenvalue weighted by Crippen LogP contribution is 2.36. The molecular formula is C113H111Cl5N16O10S2. The zero-order chi connectivity index (χ0) is 103. The second kappa shape index (κ2) is 52.9. The van der Waals surface area contributed by atoms with Gasteiger partial charge in [0.15, 0.2) is 0 Å². The van der Waals surface area contributed by atoms with Crippen molar-refractivity contribution in [2.75, 3.05) is 120 Å². The van der Waals surface area contributed by atoms with E-state index < -0.39 is 26.0 Å². The Balaban J connectivity index is 0.000000144. The maximum absolute atomic E-state index is 12.7. The molecule has 0 bridgehead atoms. The third-order valence-electron chi connectivity index (χ3n) is 23.6. The van der Waals surface area contributed by atoms with Crippen LogP contribution in [0.5, 0.6) is 0 Å². The summed E-state index contributed by atoms with van der Waals surface area (Å²) in [5, 5.41) is 17.3. The summed E-state index contributed by atoms with van der Waals surface area (Å²) in [5.74, 6) is -1.05. The molecule has 0 radical (unpaired) electrons. The highest BCUT2D eigenvalue weighted by Gasteiger charge is 2.28. The number of anilines is 5. The summed E-state index contributed by atoms with van der Waals surface area (Å²) in [5.41, 5.74) is 16.7. The van der Waals surface area contributed by atoms with E-state index in [2.05, 4.69) is 82.9 Å². The van der Waals surface area contributed by atoms with Crippen molar-refractivity contribution in [2.24, 2.45) is 5.92 Å². The molecule has 8 heterocycles. The van der Waals surface area contributed by atoms with Crippen molar-refractivity contribution >= 4 is 136 Å². The van der Waals surface area contributed by atoms with Crippen molar-refractivity contribution in [1.82, 2.24) is 53.5 Å². The van der Waals surface area contributed by atoms with E-state index in [0.29, 0.717) is 131 Å². The number of nitrogens with zero attached hydrogens (tertiary/aromatic N) is 10. The van der Waals surface area contributed by atoms with Crippen molar-refractivity contribution in [3.63, 3.8) is 0 Å². The van der Waals surface area contributed by atoms with Gasteiger partial charge < -0.3 is 41.1 Å². The number of carbonyl (C=O) groups is 5. The molecule has 3 fully saturated rings. The standard InChI is InChI=1S/C24H25ClN4O.C24H24ClN3O.C22H20ClN3O4S.C22H22ClN3O3S.C21H20ClN3O/c1-28-12-14-29(15-13-28)17-18-5-7-19(8-6-18)24(30)27-20-9-10-22(25)21(16-20)23-4-2-3-11-26-23;25-22-12-11-20(16-21(22)23-6-2-3-13-26-23)27-24(29)19-9-7-18(8-10-19)17-28-14-4-1-5-15-28;23-20-9-6-17(15-19(20)21-3-1-2-10-24-21)25-22(27)16-4-7-18(8-5-16)31(28,29)26-11-13-30-14-12-26;1-15(2)14-25-30(28,29)18-7-5-6-16(12-18)22(27)26-17-9-10-20(23)19(13-17)21-8-3-4-11-24-21;1-25(2)14-15-6-8-16(9-7-15)21(26)24-17-10-11-19(22)18(13-17)20-5-3-4-12-23-20/h2-11,16H,12-15,17H2,1H3,(H,27,30);2-3,6-13,16H,1,4-5,14-15,17H2,(H,27,29);1-10,15H,11-14H2,(H,25,27);3-13,15,25H,14H2,1-2H3,(H,26,27);3-13H,14H2,1-2H3,(H,24,26). The van der Waals surface area contributed by atoms with Gasteiger partial charge in [-0.05, 0) is 300 Å². The molecule has 5 aromatic heterocycles. The molecule has 0 aliphatic carbocycles. The van der Waals surface area contributed by atoms with Crippen LogP contribution < -0.4 is 31.3 Å². The van der Waals surface area contributed by atoms with Gasteiger partial charge in [-0.2, -0.15) is 4.31 Å². The van der Waals surface area contributed by atoms with Crippen molar-refractivity contribution < 1.29 is 45.5 Å². The smallest absolute Gasteiger partial charge is 0.255 e. The van der Waals surface area contributed by atoms with Crippen LogP contribution in [0.4, 0.5) is 28.4 Å². The van der Waals surface area contributed by atoms with E-state index in [-0.39, 0.29) is 44.9 Å². The first kappa shape index (κ1) is 108. The van der Waals surface area contributed by atoms with Crippen molar-refractivity contribution in [2.45, 2.75) is 62.5 Å². The van der Waals surface area contributed by atoms with Crippen LogP contribution in [0.15, 0.2) is 344 Å². The van der Waals surface area contributed by atoms with Crippen LogP contribution in [-0.4, -0.2) is 188 Å². The number of sulfonamides is 2. The third-order valence-corrected chi connectivity index (χ3v) is 28.6. The van der Waals surface area contributed by atoms with Gasteiger partial charge in [0.05, 0.1) is 76.6 Å². The predicted molar refractivity (Wildman–Crippen MR) is 584 cm³/mol. The number of rotatable bonds is 27. The van der Waals surface area contributed by atoms with Crippen LogP contribution in [0.3, 0.4) is 0 Å². The van der Waals surface area contributed by atoms with E-state index in [1.807, 2.05) is 204 Å². The van der Waals surface area contributed by atoms with Gasteiger partial charge >= 0.3 is 0 Å². The van der Waals surface area contributed by atoms with Gasteiger partial charge in [-0.3, -0.25) is 58.7 Å². The normalized spacial score (nSPS) is 13.4. The van der Waals surface area contributed by atoms with E-state index in [9.17, 15) is 40.8 Å². The molecule has 750 valence electrons. The Bertz CT molecular complexity index is 7180. The Morgan fingerprint density at radius 2 is 0.658 bits per heavy atom. The second-order valence-electron chi connectivity index (χ2n) is 35.4. The van der Waals surface area contributed by atoms with E-state index in [1.54, 1.807) is 122 Å². The number of carbonyl (C=O) groups excluding carboxylic acids is 5. The molecule has 3 aliphatic heterocycles. The van der Waals surface area contributed by atoms with Crippen molar-refractivity contribution in [3.8, 4) is 56.3 Å². The van der Waals surface area contributed by atoms with Crippen LogP contribution in [0.2, 0.25) is 25.1 Å². The Morgan fingerprint density at radius 3 is 0.973 bits per heavy atom. The summed E-state index contributed by atoms with van der Waals surface area (Å²) in [6.07, 6.45) is 12.4. The minimum atomic E-state index is -3.69. The zero-order valence-electron chi connectivity index (χ0n) is 81.1. The number of nitrogens with one attached hydrogen (secondary N) is 6. The number of morpholine rings is 1. The van der Waals surface area contributed by atoms with E-state index >= 15 is 0 Å². The number of aromatic nitrogens is 5. The molecule has 146 heavy (non-hydrogen) atoms. The minimum Gasteiger partial charge on any atom is -0.379 e. The number of piperazine rings is 1. The number of likely N-dealkylation sites (tertiary alicyclic amines) is 1. The molecule has 5 amide bonds. The fraction of sp³-hybridized carbons (Fsp3) is 0.204. The van der Waals surface area contributed by atoms with Crippen molar-refractivity contribution in [1.29, 1.82) is 0 Å². The number of pyridine rings is 5. The lowest BCUT2D eigenvalue weighted by Gasteiger charge is -2.32. The number of amides is 5.